The van der Waals surface area contributed by atoms with Gasteiger partial charge >= 0.3 is 0 Å². The number of hydrogen-bond donors (Lipinski definition) is 0. The lowest BCUT2D eigenvalue weighted by atomic mass is 9.96. The fraction of sp³-hybridized carbons (Fsp3) is 0.0488. The van der Waals surface area contributed by atoms with Crippen LogP contribution in [0.2, 0.25) is 0 Å². The molecule has 0 bridgehead atoms. The maximum absolute atomic E-state index is 4.97. The van der Waals surface area contributed by atoms with Gasteiger partial charge in [-0.2, -0.15) is 0 Å². The monoisotopic (exact) mass is 563 g/mol. The molecule has 0 aliphatic heterocycles. The number of hydrogen-bond acceptors (Lipinski definition) is 3. The predicted molar refractivity (Wildman–Crippen MR) is 180 cm³/mol. The number of fused-ring (bicyclic) bond motifs is 3. The Kier molecular flexibility index (Phi) is 6.42. The molecule has 0 fully saturated rings. The molecule has 3 nitrogen and oxygen atoms in total. The number of aryl methyl sites for hydroxylation is 1. The third-order valence-corrected chi connectivity index (χ3v) is 8.39. The topological polar surface area (TPSA) is 38.7 Å². The Morgan fingerprint density at radius 2 is 0.909 bits per heavy atom. The number of nitrogens with zero attached hydrogens (tertiary/aromatic N) is 3. The summed E-state index contributed by atoms with van der Waals surface area (Å²) < 4.78 is 0. The molecule has 0 N–H and O–H groups in total. The lowest BCUT2D eigenvalue weighted by molar-refractivity contribution is 1.07. The molecule has 0 unspecified atom stereocenters. The van der Waals surface area contributed by atoms with E-state index in [-0.39, 0.29) is 0 Å². The lowest BCUT2D eigenvalue weighted by Gasteiger charge is -2.11. The average Bonchev–Trinajstić information content (AvgIpc) is 3.46. The van der Waals surface area contributed by atoms with E-state index in [1.54, 1.807) is 0 Å². The van der Waals surface area contributed by atoms with Crippen LogP contribution in [0.4, 0.5) is 0 Å². The summed E-state index contributed by atoms with van der Waals surface area (Å²) in [6, 6.07) is 51.3. The van der Waals surface area contributed by atoms with Crippen LogP contribution in [0.5, 0.6) is 0 Å². The molecule has 1 aliphatic rings. The zero-order chi connectivity index (χ0) is 29.5. The summed E-state index contributed by atoms with van der Waals surface area (Å²) in [7, 11) is 0. The van der Waals surface area contributed by atoms with Gasteiger partial charge in [-0.05, 0) is 76.1 Å². The maximum Gasteiger partial charge on any atom is 0.164 e. The summed E-state index contributed by atoms with van der Waals surface area (Å²) >= 11 is 0. The third kappa shape index (κ3) is 4.89. The Balaban J connectivity index is 1.18. The van der Waals surface area contributed by atoms with Gasteiger partial charge in [-0.3, -0.25) is 0 Å². The minimum Gasteiger partial charge on any atom is -0.208 e. The SMILES string of the molecule is Cc1cccc(-c2nc(-c3ccccc3)nc(-c3cccc(-c4ccc5c(c4)-c4ccc(-c6ccccc6)cc4C5)c3)n2)c1. The molecule has 8 rings (SSSR count). The molecule has 6 aromatic carbocycles. The fourth-order valence-corrected chi connectivity index (χ4v) is 6.15. The third-order valence-electron chi connectivity index (χ3n) is 8.39. The van der Waals surface area contributed by atoms with Crippen molar-refractivity contribution in [1.29, 1.82) is 0 Å². The van der Waals surface area contributed by atoms with Crippen molar-refractivity contribution in [3.63, 3.8) is 0 Å². The predicted octanol–water partition coefficient (Wildman–Crippen LogP) is 10.1. The second-order valence-corrected chi connectivity index (χ2v) is 11.4. The van der Waals surface area contributed by atoms with Gasteiger partial charge in [0, 0.05) is 16.7 Å². The van der Waals surface area contributed by atoms with Gasteiger partial charge in [-0.25, -0.2) is 15.0 Å². The van der Waals surface area contributed by atoms with E-state index in [4.69, 9.17) is 15.0 Å². The van der Waals surface area contributed by atoms with Crippen molar-refractivity contribution in [3.8, 4) is 67.5 Å². The van der Waals surface area contributed by atoms with Crippen molar-refractivity contribution in [2.45, 2.75) is 13.3 Å². The Morgan fingerprint density at radius 3 is 1.64 bits per heavy atom. The molecule has 44 heavy (non-hydrogen) atoms. The van der Waals surface area contributed by atoms with Crippen LogP contribution in [0.1, 0.15) is 16.7 Å². The summed E-state index contributed by atoms with van der Waals surface area (Å²) in [4.78, 5) is 14.8. The van der Waals surface area contributed by atoms with E-state index in [1.807, 2.05) is 36.4 Å². The number of aromatic nitrogens is 3. The molecule has 0 radical (unpaired) electrons. The van der Waals surface area contributed by atoms with Gasteiger partial charge < -0.3 is 0 Å². The first-order valence-electron chi connectivity index (χ1n) is 15.0. The molecular formula is C41H29N3. The van der Waals surface area contributed by atoms with E-state index in [2.05, 4.69) is 116 Å². The standard InChI is InChI=1S/C41H29N3/c1-27-10-8-16-34(22-27)40-42-39(29-13-6-3-7-14-29)43-41(44-40)35-17-9-15-30(23-35)32-18-19-33-25-36-24-31(28-11-4-2-5-12-28)20-21-37(36)38(33)26-32/h2-24,26H,25H2,1H3. The van der Waals surface area contributed by atoms with Gasteiger partial charge in [0.25, 0.3) is 0 Å². The van der Waals surface area contributed by atoms with Crippen LogP contribution in [0.15, 0.2) is 146 Å². The van der Waals surface area contributed by atoms with Crippen molar-refractivity contribution < 1.29 is 0 Å². The summed E-state index contributed by atoms with van der Waals surface area (Å²) in [6.07, 6.45) is 0.959. The highest BCUT2D eigenvalue weighted by atomic mass is 15.0. The van der Waals surface area contributed by atoms with Gasteiger partial charge in [0.05, 0.1) is 0 Å². The van der Waals surface area contributed by atoms with Crippen molar-refractivity contribution in [2.75, 3.05) is 0 Å². The molecule has 1 aliphatic carbocycles. The van der Waals surface area contributed by atoms with Crippen LogP contribution in [0, 0.1) is 6.92 Å². The van der Waals surface area contributed by atoms with E-state index in [0.717, 1.165) is 28.7 Å². The van der Waals surface area contributed by atoms with Crippen LogP contribution in [0.3, 0.4) is 0 Å². The normalized spacial score (nSPS) is 11.7. The van der Waals surface area contributed by atoms with Gasteiger partial charge in [0.1, 0.15) is 0 Å². The molecule has 0 atom stereocenters. The van der Waals surface area contributed by atoms with Crippen LogP contribution < -0.4 is 0 Å². The van der Waals surface area contributed by atoms with Crippen molar-refractivity contribution in [2.24, 2.45) is 0 Å². The smallest absolute Gasteiger partial charge is 0.164 e. The average molecular weight is 564 g/mol. The fourth-order valence-electron chi connectivity index (χ4n) is 6.15. The molecule has 1 heterocycles. The second-order valence-electron chi connectivity index (χ2n) is 11.4. The quantitative estimate of drug-likeness (QED) is 0.209. The highest BCUT2D eigenvalue weighted by Gasteiger charge is 2.20. The maximum atomic E-state index is 4.97. The summed E-state index contributed by atoms with van der Waals surface area (Å²) in [5, 5.41) is 0. The van der Waals surface area contributed by atoms with E-state index in [1.165, 1.54) is 44.5 Å². The molecule has 0 saturated carbocycles. The molecular weight excluding hydrogens is 534 g/mol. The zero-order valence-corrected chi connectivity index (χ0v) is 24.4. The molecule has 0 saturated heterocycles. The van der Waals surface area contributed by atoms with Crippen molar-refractivity contribution in [1.82, 2.24) is 15.0 Å². The van der Waals surface area contributed by atoms with Gasteiger partial charge in [0.2, 0.25) is 0 Å². The summed E-state index contributed by atoms with van der Waals surface area (Å²) in [5.41, 5.74) is 14.3. The van der Waals surface area contributed by atoms with Gasteiger partial charge in [-0.15, -0.1) is 0 Å². The summed E-state index contributed by atoms with van der Waals surface area (Å²) in [6.45, 7) is 2.09. The number of benzene rings is 6. The summed E-state index contributed by atoms with van der Waals surface area (Å²) in [5.74, 6) is 2.01. The van der Waals surface area contributed by atoms with Crippen LogP contribution in [-0.4, -0.2) is 15.0 Å². The molecule has 208 valence electrons. The molecule has 0 amide bonds. The van der Waals surface area contributed by atoms with Gasteiger partial charge in [0.15, 0.2) is 17.5 Å². The number of rotatable bonds is 5. The Morgan fingerprint density at radius 1 is 0.364 bits per heavy atom. The lowest BCUT2D eigenvalue weighted by Crippen LogP contribution is -2.00. The Bertz CT molecular complexity index is 2150. The molecule has 7 aromatic rings. The van der Waals surface area contributed by atoms with Crippen LogP contribution in [-0.2, 0) is 6.42 Å². The van der Waals surface area contributed by atoms with Gasteiger partial charge in [-0.1, -0.05) is 133 Å². The van der Waals surface area contributed by atoms with E-state index < -0.39 is 0 Å². The van der Waals surface area contributed by atoms with E-state index in [0.29, 0.717) is 17.5 Å². The second kappa shape index (κ2) is 10.9. The van der Waals surface area contributed by atoms with Crippen LogP contribution in [0.25, 0.3) is 67.5 Å². The van der Waals surface area contributed by atoms with E-state index >= 15 is 0 Å². The highest BCUT2D eigenvalue weighted by molar-refractivity contribution is 5.84. The van der Waals surface area contributed by atoms with Crippen molar-refractivity contribution in [3.05, 3.63) is 162 Å². The Labute approximate surface area is 257 Å². The van der Waals surface area contributed by atoms with Crippen LogP contribution >= 0.6 is 0 Å². The first-order chi connectivity index (χ1) is 21.7. The zero-order valence-electron chi connectivity index (χ0n) is 24.4. The molecule has 0 spiro atoms. The van der Waals surface area contributed by atoms with E-state index in [9.17, 15) is 0 Å². The minimum absolute atomic E-state index is 0.664. The first-order valence-corrected chi connectivity index (χ1v) is 15.0. The van der Waals surface area contributed by atoms with Crippen molar-refractivity contribution >= 4 is 0 Å². The molecule has 3 heteroatoms. The largest absolute Gasteiger partial charge is 0.208 e. The Hall–Kier alpha value is -5.67. The molecule has 1 aromatic heterocycles. The highest BCUT2D eigenvalue weighted by Crippen LogP contribution is 2.41. The minimum atomic E-state index is 0.664. The first kappa shape index (κ1) is 26.0.